The molecule has 0 heterocycles. The zero-order valence-electron chi connectivity index (χ0n) is 14.0. The second-order valence-electron chi connectivity index (χ2n) is 5.95. The van der Waals surface area contributed by atoms with Crippen LogP contribution in [0, 0.1) is 11.8 Å². The Labute approximate surface area is 141 Å². The predicted molar refractivity (Wildman–Crippen MR) is 97.9 cm³/mol. The van der Waals surface area contributed by atoms with Crippen molar-refractivity contribution in [1.29, 1.82) is 0 Å². The Morgan fingerprint density at radius 2 is 1.33 bits per heavy atom. The molecule has 0 aromatic rings. The average Bonchev–Trinajstić information content (AvgIpc) is 2.49. The highest BCUT2D eigenvalue weighted by Crippen LogP contribution is 2.11. The van der Waals surface area contributed by atoms with Gasteiger partial charge < -0.3 is 5.11 Å². The molecule has 0 aliphatic carbocycles. The Kier molecular flexibility index (Phi) is 18.1. The van der Waals surface area contributed by atoms with Gasteiger partial charge in [-0.25, -0.2) is 0 Å². The van der Waals surface area contributed by atoms with Crippen LogP contribution in [0.25, 0.3) is 0 Å². The predicted octanol–water partition coefficient (Wildman–Crippen LogP) is 6.23. The maximum Gasteiger partial charge on any atom is 0.114 e. The SMILES string of the molecule is CCCC[C@H](O)C#CCCCCCCCCCCCCBr. The lowest BCUT2D eigenvalue weighted by molar-refractivity contribution is 0.218. The van der Waals surface area contributed by atoms with Gasteiger partial charge in [-0.3, -0.25) is 0 Å². The highest BCUT2D eigenvalue weighted by molar-refractivity contribution is 9.09. The summed E-state index contributed by atoms with van der Waals surface area (Å²) in [7, 11) is 0. The van der Waals surface area contributed by atoms with Gasteiger partial charge in [-0.1, -0.05) is 93.0 Å². The summed E-state index contributed by atoms with van der Waals surface area (Å²) in [6, 6.07) is 0. The number of alkyl halides is 1. The highest BCUT2D eigenvalue weighted by atomic mass is 79.9. The summed E-state index contributed by atoms with van der Waals surface area (Å²) < 4.78 is 0. The van der Waals surface area contributed by atoms with Crippen LogP contribution in [0.3, 0.4) is 0 Å². The van der Waals surface area contributed by atoms with Gasteiger partial charge >= 0.3 is 0 Å². The first-order valence-electron chi connectivity index (χ1n) is 9.03. The van der Waals surface area contributed by atoms with Gasteiger partial charge in [-0.05, 0) is 19.3 Å². The van der Waals surface area contributed by atoms with E-state index in [1.807, 2.05) is 0 Å². The number of hydrogen-bond donors (Lipinski definition) is 1. The van der Waals surface area contributed by atoms with E-state index >= 15 is 0 Å². The lowest BCUT2D eigenvalue weighted by Gasteiger charge is -2.01. The molecule has 1 N–H and O–H groups in total. The highest BCUT2D eigenvalue weighted by Gasteiger charge is 1.96. The van der Waals surface area contributed by atoms with Crippen LogP contribution in [0.2, 0.25) is 0 Å². The Morgan fingerprint density at radius 1 is 0.810 bits per heavy atom. The third-order valence-electron chi connectivity index (χ3n) is 3.79. The van der Waals surface area contributed by atoms with E-state index in [-0.39, 0.29) is 0 Å². The summed E-state index contributed by atoms with van der Waals surface area (Å²) in [6.45, 7) is 2.14. The number of unbranched alkanes of at least 4 members (excludes halogenated alkanes) is 11. The maximum absolute atomic E-state index is 9.58. The van der Waals surface area contributed by atoms with Gasteiger partial charge in [0.15, 0.2) is 0 Å². The van der Waals surface area contributed by atoms with Gasteiger partial charge in [0.2, 0.25) is 0 Å². The van der Waals surface area contributed by atoms with Crippen LogP contribution in [0.15, 0.2) is 0 Å². The van der Waals surface area contributed by atoms with Crippen LogP contribution in [-0.2, 0) is 0 Å². The molecule has 0 fully saturated rings. The minimum Gasteiger partial charge on any atom is -0.380 e. The molecule has 1 atom stereocenters. The molecule has 0 aromatic heterocycles. The summed E-state index contributed by atoms with van der Waals surface area (Å²) >= 11 is 3.47. The van der Waals surface area contributed by atoms with Crippen molar-refractivity contribution >= 4 is 15.9 Å². The molecule has 0 amide bonds. The van der Waals surface area contributed by atoms with E-state index in [2.05, 4.69) is 34.7 Å². The third-order valence-corrected chi connectivity index (χ3v) is 4.35. The van der Waals surface area contributed by atoms with Gasteiger partial charge in [-0.15, -0.1) is 5.92 Å². The molecule has 0 bridgehead atoms. The standard InChI is InChI=1S/C19H35BrO/c1-2-3-16-19(21)17-14-12-10-8-6-4-5-7-9-11-13-15-18-20/h19,21H,2-13,15-16,18H2,1H3/t19-/m0/s1. The molecule has 124 valence electrons. The number of halogens is 1. The second-order valence-corrected chi connectivity index (χ2v) is 6.75. The number of rotatable bonds is 14. The van der Waals surface area contributed by atoms with E-state index in [9.17, 15) is 5.11 Å². The monoisotopic (exact) mass is 358 g/mol. The van der Waals surface area contributed by atoms with Crippen LogP contribution in [0.5, 0.6) is 0 Å². The molecule has 0 saturated carbocycles. The lowest BCUT2D eigenvalue weighted by atomic mass is 10.1. The molecule has 0 radical (unpaired) electrons. The first-order valence-corrected chi connectivity index (χ1v) is 10.2. The van der Waals surface area contributed by atoms with E-state index < -0.39 is 6.10 Å². The molecule has 0 aliphatic heterocycles. The molecule has 0 aliphatic rings. The number of aliphatic hydroxyl groups is 1. The first-order chi connectivity index (χ1) is 10.3. The van der Waals surface area contributed by atoms with Crippen LogP contribution < -0.4 is 0 Å². The Morgan fingerprint density at radius 3 is 1.86 bits per heavy atom. The molecule has 0 saturated heterocycles. The number of aliphatic hydroxyl groups excluding tert-OH is 1. The summed E-state index contributed by atoms with van der Waals surface area (Å²) in [5, 5.41) is 10.7. The van der Waals surface area contributed by atoms with Crippen molar-refractivity contribution in [1.82, 2.24) is 0 Å². The first kappa shape index (κ1) is 21.0. The molecule has 0 rings (SSSR count). The zero-order valence-corrected chi connectivity index (χ0v) is 15.6. The lowest BCUT2D eigenvalue weighted by Crippen LogP contribution is -2.01. The third kappa shape index (κ3) is 18.0. The van der Waals surface area contributed by atoms with E-state index in [1.165, 1.54) is 64.2 Å². The molecule has 0 unspecified atom stereocenters. The Bertz CT molecular complexity index is 254. The van der Waals surface area contributed by atoms with Gasteiger partial charge in [0.1, 0.15) is 6.10 Å². The summed E-state index contributed by atoms with van der Waals surface area (Å²) in [4.78, 5) is 0. The molecule has 0 aromatic carbocycles. The van der Waals surface area contributed by atoms with Crippen LogP contribution in [-0.4, -0.2) is 16.5 Å². The van der Waals surface area contributed by atoms with E-state index in [0.717, 1.165) is 31.0 Å². The minimum atomic E-state index is -0.394. The van der Waals surface area contributed by atoms with E-state index in [0.29, 0.717) is 0 Å². The van der Waals surface area contributed by atoms with Gasteiger partial charge in [0.05, 0.1) is 0 Å². The van der Waals surface area contributed by atoms with Crippen molar-refractivity contribution in [2.24, 2.45) is 0 Å². The van der Waals surface area contributed by atoms with Gasteiger partial charge in [0.25, 0.3) is 0 Å². The molecular formula is C19H35BrO. The average molecular weight is 359 g/mol. The van der Waals surface area contributed by atoms with Crippen molar-refractivity contribution in [3.05, 3.63) is 0 Å². The fraction of sp³-hybridized carbons (Fsp3) is 0.895. The van der Waals surface area contributed by atoms with E-state index in [4.69, 9.17) is 0 Å². The van der Waals surface area contributed by atoms with Crippen LogP contribution in [0.4, 0.5) is 0 Å². The topological polar surface area (TPSA) is 20.2 Å². The molecular weight excluding hydrogens is 324 g/mol. The summed E-state index contributed by atoms with van der Waals surface area (Å²) in [5.74, 6) is 6.08. The largest absolute Gasteiger partial charge is 0.380 e. The minimum absolute atomic E-state index is 0.394. The van der Waals surface area contributed by atoms with Crippen molar-refractivity contribution in [2.45, 2.75) is 103 Å². The Balaban J connectivity index is 3.17. The maximum atomic E-state index is 9.58. The van der Waals surface area contributed by atoms with Crippen LogP contribution in [0.1, 0.15) is 96.8 Å². The van der Waals surface area contributed by atoms with Crippen LogP contribution >= 0.6 is 15.9 Å². The smallest absolute Gasteiger partial charge is 0.114 e. The fourth-order valence-electron chi connectivity index (χ4n) is 2.38. The Hall–Kier alpha value is 0. The van der Waals surface area contributed by atoms with E-state index in [1.54, 1.807) is 0 Å². The molecule has 1 nitrogen and oxygen atoms in total. The fourth-order valence-corrected chi connectivity index (χ4v) is 2.78. The molecule has 0 spiro atoms. The van der Waals surface area contributed by atoms with Crippen molar-refractivity contribution in [3.8, 4) is 11.8 Å². The molecule has 21 heavy (non-hydrogen) atoms. The van der Waals surface area contributed by atoms with Crippen molar-refractivity contribution in [3.63, 3.8) is 0 Å². The van der Waals surface area contributed by atoms with Crippen molar-refractivity contribution in [2.75, 3.05) is 5.33 Å². The summed E-state index contributed by atoms with van der Waals surface area (Å²) in [5.41, 5.74) is 0. The van der Waals surface area contributed by atoms with Gasteiger partial charge in [-0.2, -0.15) is 0 Å². The molecule has 2 heteroatoms. The zero-order chi connectivity index (χ0) is 15.6. The quantitative estimate of drug-likeness (QED) is 0.221. The normalized spacial score (nSPS) is 12.0. The van der Waals surface area contributed by atoms with Gasteiger partial charge in [0, 0.05) is 11.8 Å². The van der Waals surface area contributed by atoms with Crippen molar-refractivity contribution < 1.29 is 5.11 Å². The summed E-state index contributed by atoms with van der Waals surface area (Å²) in [6.07, 6.45) is 17.2. The number of hydrogen-bond acceptors (Lipinski definition) is 1. The second kappa shape index (κ2) is 18.1.